The molecule has 0 spiro atoms. The molecule has 3 N–H and O–H groups in total. The molecule has 7 nitrogen and oxygen atoms in total. The highest BCUT2D eigenvalue weighted by Crippen LogP contribution is 2.29. The smallest absolute Gasteiger partial charge is 0.331 e. The van der Waals surface area contributed by atoms with Gasteiger partial charge in [0.1, 0.15) is 5.56 Å². The number of hydrogen-bond acceptors (Lipinski definition) is 4. The average molecular weight is 380 g/mol. The highest BCUT2D eigenvalue weighted by Gasteiger charge is 2.22. The fourth-order valence-corrected chi connectivity index (χ4v) is 4.03. The van der Waals surface area contributed by atoms with Gasteiger partial charge in [0.15, 0.2) is 0 Å². The van der Waals surface area contributed by atoms with Crippen LogP contribution >= 0.6 is 0 Å². The van der Waals surface area contributed by atoms with E-state index in [0.29, 0.717) is 13.0 Å². The van der Waals surface area contributed by atoms with Crippen molar-refractivity contribution in [3.05, 3.63) is 62.4 Å². The van der Waals surface area contributed by atoms with Crippen LogP contribution < -0.4 is 11.2 Å². The van der Waals surface area contributed by atoms with Crippen LogP contribution in [-0.2, 0) is 6.42 Å². The molecule has 4 rings (SSSR count). The molecule has 28 heavy (non-hydrogen) atoms. The second kappa shape index (κ2) is 7.88. The third-order valence-corrected chi connectivity index (χ3v) is 5.50. The monoisotopic (exact) mass is 380 g/mol. The molecule has 0 saturated heterocycles. The number of nitrogens with one attached hydrogen (secondary N) is 2. The van der Waals surface area contributed by atoms with Crippen molar-refractivity contribution in [2.75, 3.05) is 6.54 Å². The summed E-state index contributed by atoms with van der Waals surface area (Å²) in [5.41, 5.74) is 1.12. The maximum absolute atomic E-state index is 12.2. The number of fused-ring (bicyclic) bond motifs is 1. The molecular formula is C21H24N4O3. The van der Waals surface area contributed by atoms with Crippen LogP contribution in [0.15, 0.2) is 45.0 Å². The van der Waals surface area contributed by atoms with Crippen molar-refractivity contribution in [2.45, 2.75) is 44.6 Å². The number of aliphatic imine (C=N–C) groups is 1. The first kappa shape index (κ1) is 18.3. The molecule has 0 aliphatic heterocycles. The molecule has 1 fully saturated rings. The van der Waals surface area contributed by atoms with Crippen LogP contribution in [0.5, 0.6) is 5.88 Å². The van der Waals surface area contributed by atoms with E-state index < -0.39 is 11.2 Å². The van der Waals surface area contributed by atoms with Crippen molar-refractivity contribution < 1.29 is 5.11 Å². The summed E-state index contributed by atoms with van der Waals surface area (Å²) in [5.74, 6) is -0.281. The number of para-hydroxylation sites is 1. The van der Waals surface area contributed by atoms with Gasteiger partial charge in [0.05, 0.1) is 0 Å². The maximum Gasteiger partial charge on any atom is 0.331 e. The molecule has 146 valence electrons. The summed E-state index contributed by atoms with van der Waals surface area (Å²) in [5, 5.41) is 11.7. The van der Waals surface area contributed by atoms with Gasteiger partial charge < -0.3 is 10.1 Å². The van der Waals surface area contributed by atoms with Crippen LogP contribution in [0.2, 0.25) is 0 Å². The number of hydrogen-bond donors (Lipinski definition) is 3. The van der Waals surface area contributed by atoms with Crippen molar-refractivity contribution >= 4 is 17.1 Å². The number of benzene rings is 1. The standard InChI is InChI=1S/C21H24N4O3/c26-19-17(20(27)25(21(28)24-19)15-6-2-1-3-7-15)13-22-11-10-14-12-23-18-9-5-4-8-16(14)18/h4-5,8-9,12-13,15,23,27H,1-3,6-7,10-11H2,(H,24,26,28). The molecule has 1 aliphatic rings. The van der Waals surface area contributed by atoms with Crippen molar-refractivity contribution in [1.29, 1.82) is 0 Å². The van der Waals surface area contributed by atoms with Gasteiger partial charge in [-0.25, -0.2) is 4.79 Å². The van der Waals surface area contributed by atoms with Crippen molar-refractivity contribution in [3.8, 4) is 5.88 Å². The fourth-order valence-electron chi connectivity index (χ4n) is 4.03. The first-order valence-electron chi connectivity index (χ1n) is 9.78. The van der Waals surface area contributed by atoms with Crippen LogP contribution in [0.1, 0.15) is 49.3 Å². The minimum atomic E-state index is -0.606. The Morgan fingerprint density at radius 3 is 2.79 bits per heavy atom. The van der Waals surface area contributed by atoms with E-state index in [4.69, 9.17) is 0 Å². The number of aromatic nitrogens is 3. The lowest BCUT2D eigenvalue weighted by molar-refractivity contribution is 0.298. The predicted octanol–water partition coefficient (Wildman–Crippen LogP) is 2.89. The fraction of sp³-hybridized carbons (Fsp3) is 0.381. The van der Waals surface area contributed by atoms with Crippen LogP contribution in [-0.4, -0.2) is 32.4 Å². The molecular weight excluding hydrogens is 356 g/mol. The molecule has 0 atom stereocenters. The minimum absolute atomic E-state index is 0.0455. The Morgan fingerprint density at radius 1 is 1.18 bits per heavy atom. The molecule has 0 radical (unpaired) electrons. The molecule has 1 aliphatic carbocycles. The Labute approximate surface area is 161 Å². The van der Waals surface area contributed by atoms with Gasteiger partial charge in [-0.1, -0.05) is 37.5 Å². The zero-order valence-corrected chi connectivity index (χ0v) is 15.6. The van der Waals surface area contributed by atoms with Gasteiger partial charge in [-0.2, -0.15) is 0 Å². The summed E-state index contributed by atoms with van der Waals surface area (Å²) in [6, 6.07) is 7.98. The van der Waals surface area contributed by atoms with Crippen molar-refractivity contribution in [1.82, 2.24) is 14.5 Å². The Balaban J connectivity index is 1.54. The zero-order valence-electron chi connectivity index (χ0n) is 15.6. The van der Waals surface area contributed by atoms with E-state index in [1.807, 2.05) is 24.4 Å². The van der Waals surface area contributed by atoms with E-state index in [2.05, 4.69) is 21.0 Å². The summed E-state index contributed by atoms with van der Waals surface area (Å²) < 4.78 is 1.32. The molecule has 1 saturated carbocycles. The highest BCUT2D eigenvalue weighted by atomic mass is 16.3. The van der Waals surface area contributed by atoms with Gasteiger partial charge in [-0.3, -0.25) is 19.3 Å². The summed E-state index contributed by atoms with van der Waals surface area (Å²) in [6.45, 7) is 0.475. The van der Waals surface area contributed by atoms with Gasteiger partial charge in [-0.15, -0.1) is 0 Å². The summed E-state index contributed by atoms with van der Waals surface area (Å²) in [4.78, 5) is 34.3. The van der Waals surface area contributed by atoms with E-state index in [-0.39, 0.29) is 17.5 Å². The second-order valence-electron chi connectivity index (χ2n) is 7.30. The quantitative estimate of drug-likeness (QED) is 0.593. The number of H-pyrrole nitrogens is 2. The van der Waals surface area contributed by atoms with Gasteiger partial charge in [0.25, 0.3) is 5.56 Å². The number of aromatic amines is 2. The van der Waals surface area contributed by atoms with E-state index in [0.717, 1.165) is 48.6 Å². The van der Waals surface area contributed by atoms with E-state index in [1.165, 1.54) is 10.8 Å². The molecule has 2 aromatic heterocycles. The Bertz CT molecular complexity index is 1120. The normalized spacial score (nSPS) is 15.6. The summed E-state index contributed by atoms with van der Waals surface area (Å²) in [7, 11) is 0. The maximum atomic E-state index is 12.2. The Hall–Kier alpha value is -3.09. The lowest BCUT2D eigenvalue weighted by Gasteiger charge is -2.24. The molecule has 7 heteroatoms. The van der Waals surface area contributed by atoms with Crippen LogP contribution in [0.4, 0.5) is 0 Å². The minimum Gasteiger partial charge on any atom is -0.494 e. The topological polar surface area (TPSA) is 103 Å². The Kier molecular flexibility index (Phi) is 5.14. The lowest BCUT2D eigenvalue weighted by Crippen LogP contribution is -2.35. The Morgan fingerprint density at radius 2 is 1.96 bits per heavy atom. The summed E-state index contributed by atoms with van der Waals surface area (Å²) >= 11 is 0. The molecule has 0 unspecified atom stereocenters. The highest BCUT2D eigenvalue weighted by molar-refractivity contribution is 5.83. The van der Waals surface area contributed by atoms with Crippen molar-refractivity contribution in [2.24, 2.45) is 4.99 Å². The number of aromatic hydroxyl groups is 1. The third-order valence-electron chi connectivity index (χ3n) is 5.50. The van der Waals surface area contributed by atoms with Crippen LogP contribution in [0.3, 0.4) is 0 Å². The molecule has 3 aromatic rings. The number of nitrogens with zero attached hydrogens (tertiary/aromatic N) is 2. The van der Waals surface area contributed by atoms with Crippen LogP contribution in [0.25, 0.3) is 10.9 Å². The first-order chi connectivity index (χ1) is 13.6. The molecule has 2 heterocycles. The van der Waals surface area contributed by atoms with Gasteiger partial charge in [-0.05, 0) is 30.9 Å². The SMILES string of the molecule is O=c1[nH]c(=O)n(C2CCCCC2)c(O)c1C=NCCc1c[nH]c2ccccc12. The third kappa shape index (κ3) is 3.52. The van der Waals surface area contributed by atoms with Crippen LogP contribution in [0, 0.1) is 0 Å². The first-order valence-corrected chi connectivity index (χ1v) is 9.78. The lowest BCUT2D eigenvalue weighted by atomic mass is 9.95. The van der Waals surface area contributed by atoms with E-state index in [1.54, 1.807) is 0 Å². The zero-order chi connectivity index (χ0) is 19.5. The molecule has 0 bridgehead atoms. The largest absolute Gasteiger partial charge is 0.494 e. The second-order valence-corrected chi connectivity index (χ2v) is 7.30. The predicted molar refractivity (Wildman–Crippen MR) is 110 cm³/mol. The molecule has 0 amide bonds. The van der Waals surface area contributed by atoms with Crippen molar-refractivity contribution in [3.63, 3.8) is 0 Å². The summed E-state index contributed by atoms with van der Waals surface area (Å²) in [6.07, 6.45) is 8.88. The number of rotatable bonds is 5. The van der Waals surface area contributed by atoms with E-state index in [9.17, 15) is 14.7 Å². The van der Waals surface area contributed by atoms with Gasteiger partial charge in [0.2, 0.25) is 5.88 Å². The van der Waals surface area contributed by atoms with E-state index >= 15 is 0 Å². The van der Waals surface area contributed by atoms with Gasteiger partial charge in [0, 0.05) is 35.9 Å². The van der Waals surface area contributed by atoms with Gasteiger partial charge >= 0.3 is 5.69 Å². The molecule has 1 aromatic carbocycles. The average Bonchev–Trinajstić information content (AvgIpc) is 3.11.